The molecule has 0 atom stereocenters. The van der Waals surface area contributed by atoms with E-state index < -0.39 is 17.8 Å². The molecule has 0 unspecified atom stereocenters. The molecule has 1 fully saturated rings. The number of ether oxygens (including phenoxy) is 1. The van der Waals surface area contributed by atoms with Crippen LogP contribution in [-0.2, 0) is 16.2 Å². The van der Waals surface area contributed by atoms with Crippen molar-refractivity contribution in [2.45, 2.75) is 6.61 Å². The molecule has 1 aliphatic heterocycles. The molecule has 8 heteroatoms. The second-order valence-electron chi connectivity index (χ2n) is 6.35. The van der Waals surface area contributed by atoms with Crippen LogP contribution in [0.3, 0.4) is 0 Å². The van der Waals surface area contributed by atoms with E-state index in [1.54, 1.807) is 42.5 Å². The van der Waals surface area contributed by atoms with Gasteiger partial charge >= 0.3 is 6.03 Å². The molecule has 1 saturated heterocycles. The molecule has 30 heavy (non-hydrogen) atoms. The largest absolute Gasteiger partial charge is 0.489 e. The molecule has 0 aliphatic carbocycles. The Hall–Kier alpha value is -3.84. The van der Waals surface area contributed by atoms with Crippen molar-refractivity contribution in [3.05, 3.63) is 88.8 Å². The van der Waals surface area contributed by atoms with Crippen molar-refractivity contribution in [2.75, 3.05) is 4.90 Å². The number of hydrogen-bond donors (Lipinski definition) is 1. The number of carbonyl (C=O) groups excluding carboxylic acids is 3. The molecule has 4 amide bonds. The van der Waals surface area contributed by atoms with Gasteiger partial charge in [0.2, 0.25) is 0 Å². The fourth-order valence-corrected chi connectivity index (χ4v) is 3.07. The van der Waals surface area contributed by atoms with Crippen LogP contribution >= 0.6 is 11.6 Å². The smallest absolute Gasteiger partial charge is 0.335 e. The predicted octanol–water partition coefficient (Wildman–Crippen LogP) is 4.18. The number of halogens is 1. The van der Waals surface area contributed by atoms with Crippen LogP contribution in [0, 0.1) is 0 Å². The monoisotopic (exact) mass is 422 g/mol. The van der Waals surface area contributed by atoms with E-state index in [2.05, 4.69) is 5.32 Å². The van der Waals surface area contributed by atoms with Crippen LogP contribution < -0.4 is 15.0 Å². The van der Waals surface area contributed by atoms with E-state index in [-0.39, 0.29) is 12.2 Å². The highest BCUT2D eigenvalue weighted by Crippen LogP contribution is 2.25. The van der Waals surface area contributed by atoms with Gasteiger partial charge in [-0.05, 0) is 48.5 Å². The SMILES string of the molecule is O=C1NC(=O)N(c2ccc(OCc3ccccc3Cl)cc2)C(=O)C1=Cc1ccco1. The molecule has 1 aliphatic rings. The Kier molecular flexibility index (Phi) is 5.36. The zero-order chi connectivity index (χ0) is 21.1. The Morgan fingerprint density at radius 1 is 1.00 bits per heavy atom. The molecule has 0 radical (unpaired) electrons. The van der Waals surface area contributed by atoms with Crippen LogP contribution in [0.25, 0.3) is 6.08 Å². The number of amides is 4. The minimum atomic E-state index is -0.827. The Morgan fingerprint density at radius 3 is 2.47 bits per heavy atom. The summed E-state index contributed by atoms with van der Waals surface area (Å²) in [6.45, 7) is 0.271. The minimum Gasteiger partial charge on any atom is -0.489 e. The van der Waals surface area contributed by atoms with Crippen molar-refractivity contribution in [1.82, 2.24) is 5.32 Å². The lowest BCUT2D eigenvalue weighted by atomic mass is 10.1. The Labute approximate surface area is 176 Å². The molecule has 1 aromatic heterocycles. The van der Waals surface area contributed by atoms with Crippen LogP contribution in [-0.4, -0.2) is 17.8 Å². The molecule has 2 aromatic carbocycles. The third-order valence-corrected chi connectivity index (χ3v) is 4.75. The van der Waals surface area contributed by atoms with E-state index in [4.69, 9.17) is 20.8 Å². The van der Waals surface area contributed by atoms with E-state index in [9.17, 15) is 14.4 Å². The number of nitrogens with zero attached hydrogens (tertiary/aromatic N) is 1. The normalized spacial score (nSPS) is 15.4. The van der Waals surface area contributed by atoms with Crippen LogP contribution in [0.5, 0.6) is 5.75 Å². The van der Waals surface area contributed by atoms with Crippen molar-refractivity contribution < 1.29 is 23.5 Å². The lowest BCUT2D eigenvalue weighted by Crippen LogP contribution is -2.54. The lowest BCUT2D eigenvalue weighted by Gasteiger charge is -2.26. The zero-order valence-electron chi connectivity index (χ0n) is 15.5. The van der Waals surface area contributed by atoms with Gasteiger partial charge in [0.05, 0.1) is 12.0 Å². The highest BCUT2D eigenvalue weighted by molar-refractivity contribution is 6.39. The molecule has 0 bridgehead atoms. The first-order valence-electron chi connectivity index (χ1n) is 8.94. The van der Waals surface area contributed by atoms with Gasteiger partial charge in [0.15, 0.2) is 0 Å². The van der Waals surface area contributed by atoms with Crippen LogP contribution in [0.1, 0.15) is 11.3 Å². The summed E-state index contributed by atoms with van der Waals surface area (Å²) in [6, 6.07) is 16.1. The van der Waals surface area contributed by atoms with E-state index in [0.717, 1.165) is 10.5 Å². The van der Waals surface area contributed by atoms with Gasteiger partial charge in [-0.3, -0.25) is 14.9 Å². The molecular weight excluding hydrogens is 408 g/mol. The van der Waals surface area contributed by atoms with Crippen molar-refractivity contribution in [1.29, 1.82) is 0 Å². The summed E-state index contributed by atoms with van der Waals surface area (Å²) in [5.41, 5.74) is 0.920. The van der Waals surface area contributed by atoms with Crippen molar-refractivity contribution in [3.8, 4) is 5.75 Å². The Morgan fingerprint density at radius 2 is 1.77 bits per heavy atom. The third kappa shape index (κ3) is 3.97. The standard InChI is InChI=1S/C22H15ClN2O5/c23-19-6-2-1-4-14(19)13-30-16-9-7-15(8-10-16)25-21(27)18(20(26)24-22(25)28)12-17-5-3-11-29-17/h1-12H,13H2,(H,24,26,28). The third-order valence-electron chi connectivity index (χ3n) is 4.38. The number of hydrogen-bond acceptors (Lipinski definition) is 5. The molecule has 1 N–H and O–H groups in total. The molecule has 150 valence electrons. The summed E-state index contributed by atoms with van der Waals surface area (Å²) in [5, 5.41) is 2.76. The van der Waals surface area contributed by atoms with Gasteiger partial charge in [-0.25, -0.2) is 9.69 Å². The highest BCUT2D eigenvalue weighted by Gasteiger charge is 2.37. The average molecular weight is 423 g/mol. The molecule has 2 heterocycles. The number of rotatable bonds is 5. The minimum absolute atomic E-state index is 0.205. The zero-order valence-corrected chi connectivity index (χ0v) is 16.3. The van der Waals surface area contributed by atoms with Gasteiger partial charge in [0, 0.05) is 10.6 Å². The quantitative estimate of drug-likeness (QED) is 0.492. The molecular formula is C22H15ClN2O5. The number of barbiturate groups is 1. The second kappa shape index (κ2) is 8.26. The molecule has 7 nitrogen and oxygen atoms in total. The second-order valence-corrected chi connectivity index (χ2v) is 6.75. The summed E-state index contributed by atoms with van der Waals surface area (Å²) in [6.07, 6.45) is 2.71. The maximum atomic E-state index is 12.8. The van der Waals surface area contributed by atoms with E-state index in [1.807, 2.05) is 18.2 Å². The molecule has 3 aromatic rings. The number of nitrogens with one attached hydrogen (secondary N) is 1. The van der Waals surface area contributed by atoms with E-state index in [0.29, 0.717) is 22.2 Å². The van der Waals surface area contributed by atoms with E-state index >= 15 is 0 Å². The number of imide groups is 2. The first-order chi connectivity index (χ1) is 14.5. The molecule has 0 saturated carbocycles. The average Bonchev–Trinajstić information content (AvgIpc) is 3.25. The van der Waals surface area contributed by atoms with Gasteiger partial charge in [-0.1, -0.05) is 29.8 Å². The summed E-state index contributed by atoms with van der Waals surface area (Å²) >= 11 is 6.12. The van der Waals surface area contributed by atoms with E-state index in [1.165, 1.54) is 12.3 Å². The molecule has 4 rings (SSSR count). The maximum Gasteiger partial charge on any atom is 0.335 e. The van der Waals surface area contributed by atoms with Crippen molar-refractivity contribution in [3.63, 3.8) is 0 Å². The summed E-state index contributed by atoms with van der Waals surface area (Å²) < 4.78 is 10.9. The van der Waals surface area contributed by atoms with Gasteiger partial charge in [-0.2, -0.15) is 0 Å². The first-order valence-corrected chi connectivity index (χ1v) is 9.32. The van der Waals surface area contributed by atoms with Gasteiger partial charge < -0.3 is 9.15 Å². The number of carbonyl (C=O) groups is 3. The van der Waals surface area contributed by atoms with Crippen molar-refractivity contribution in [2.24, 2.45) is 0 Å². The fraction of sp³-hybridized carbons (Fsp3) is 0.0455. The fourth-order valence-electron chi connectivity index (χ4n) is 2.88. The highest BCUT2D eigenvalue weighted by atomic mass is 35.5. The Balaban J connectivity index is 1.52. The number of benzene rings is 2. The lowest BCUT2D eigenvalue weighted by molar-refractivity contribution is -0.122. The van der Waals surface area contributed by atoms with Gasteiger partial charge in [0.25, 0.3) is 11.8 Å². The number of anilines is 1. The Bertz CT molecular complexity index is 1140. The molecule has 0 spiro atoms. The topological polar surface area (TPSA) is 88.9 Å². The van der Waals surface area contributed by atoms with Crippen LogP contribution in [0.15, 0.2) is 76.9 Å². The van der Waals surface area contributed by atoms with Crippen molar-refractivity contribution >= 4 is 41.2 Å². The van der Waals surface area contributed by atoms with Crippen LogP contribution in [0.2, 0.25) is 5.02 Å². The predicted molar refractivity (Wildman–Crippen MR) is 110 cm³/mol. The first kappa shape index (κ1) is 19.5. The summed E-state index contributed by atoms with van der Waals surface area (Å²) in [7, 11) is 0. The van der Waals surface area contributed by atoms with Crippen LogP contribution in [0.4, 0.5) is 10.5 Å². The summed E-state index contributed by atoms with van der Waals surface area (Å²) in [5.74, 6) is -0.667. The van der Waals surface area contributed by atoms with Gasteiger partial charge in [-0.15, -0.1) is 0 Å². The maximum absolute atomic E-state index is 12.8. The van der Waals surface area contributed by atoms with Gasteiger partial charge in [0.1, 0.15) is 23.7 Å². The number of furan rings is 1. The number of urea groups is 1. The summed E-state index contributed by atoms with van der Waals surface area (Å²) in [4.78, 5) is 38.1.